The molecule has 3 rings (SSSR count). The molecule has 1 amide bonds. The van der Waals surface area contributed by atoms with Crippen molar-refractivity contribution in [3.8, 4) is 11.5 Å². The number of ether oxygens (including phenoxy) is 2. The zero-order chi connectivity index (χ0) is 20.5. The first kappa shape index (κ1) is 20.1. The van der Waals surface area contributed by atoms with Gasteiger partial charge in [-0.3, -0.25) is 4.79 Å². The molecule has 2 aromatic carbocycles. The van der Waals surface area contributed by atoms with Gasteiger partial charge < -0.3 is 20.1 Å². The molecule has 7 nitrogen and oxygen atoms in total. The fraction of sp³-hybridized carbons (Fsp3) is 0.227. The molecule has 3 aromatic rings. The van der Waals surface area contributed by atoms with E-state index >= 15 is 0 Å². The second-order valence-corrected chi connectivity index (χ2v) is 6.32. The maximum atomic E-state index is 12.4. The van der Waals surface area contributed by atoms with Crippen molar-refractivity contribution in [1.29, 1.82) is 0 Å². The van der Waals surface area contributed by atoms with Crippen LogP contribution in [0.25, 0.3) is 0 Å². The summed E-state index contributed by atoms with van der Waals surface area (Å²) in [7, 11) is 3.27. The van der Waals surface area contributed by atoms with Crippen LogP contribution in [0.2, 0.25) is 0 Å². The first-order valence-electron chi connectivity index (χ1n) is 9.29. The molecule has 0 radical (unpaired) electrons. The van der Waals surface area contributed by atoms with Gasteiger partial charge in [-0.2, -0.15) is 0 Å². The molecule has 1 aromatic heterocycles. The number of benzene rings is 2. The average molecular weight is 392 g/mol. The van der Waals surface area contributed by atoms with E-state index in [9.17, 15) is 4.79 Å². The van der Waals surface area contributed by atoms with Gasteiger partial charge in [-0.05, 0) is 47.9 Å². The minimum absolute atomic E-state index is 0.251. The van der Waals surface area contributed by atoms with Gasteiger partial charge in [0.1, 0.15) is 17.2 Å². The highest BCUT2D eigenvalue weighted by Gasteiger charge is 2.09. The molecule has 0 saturated heterocycles. The SMILES string of the molecule is COc1ccc(CNC(=O)c2ccnc(NCCc3cccc(OC)c3)n2)cc1. The molecule has 0 saturated carbocycles. The van der Waals surface area contributed by atoms with Gasteiger partial charge in [0.15, 0.2) is 0 Å². The Hall–Kier alpha value is -3.61. The highest BCUT2D eigenvalue weighted by atomic mass is 16.5. The van der Waals surface area contributed by atoms with E-state index in [1.165, 1.54) is 0 Å². The van der Waals surface area contributed by atoms with E-state index in [1.807, 2.05) is 48.5 Å². The second-order valence-electron chi connectivity index (χ2n) is 6.32. The van der Waals surface area contributed by atoms with Gasteiger partial charge in [0, 0.05) is 19.3 Å². The molecular weight excluding hydrogens is 368 g/mol. The average Bonchev–Trinajstić information content (AvgIpc) is 2.78. The van der Waals surface area contributed by atoms with Crippen LogP contribution >= 0.6 is 0 Å². The number of nitrogens with zero attached hydrogens (tertiary/aromatic N) is 2. The van der Waals surface area contributed by atoms with Crippen molar-refractivity contribution in [3.63, 3.8) is 0 Å². The number of anilines is 1. The third kappa shape index (κ3) is 5.93. The number of carbonyl (C=O) groups is 1. The Bertz CT molecular complexity index is 945. The molecule has 0 aliphatic heterocycles. The van der Waals surface area contributed by atoms with Crippen LogP contribution in [0.5, 0.6) is 11.5 Å². The maximum absolute atomic E-state index is 12.4. The predicted molar refractivity (Wildman–Crippen MR) is 111 cm³/mol. The van der Waals surface area contributed by atoms with Gasteiger partial charge in [0.05, 0.1) is 14.2 Å². The molecule has 150 valence electrons. The predicted octanol–water partition coefficient (Wildman–Crippen LogP) is 3.08. The van der Waals surface area contributed by atoms with Crippen LogP contribution in [-0.4, -0.2) is 36.6 Å². The van der Waals surface area contributed by atoms with Crippen LogP contribution in [0.15, 0.2) is 60.8 Å². The van der Waals surface area contributed by atoms with Gasteiger partial charge >= 0.3 is 0 Å². The molecule has 0 unspecified atom stereocenters. The lowest BCUT2D eigenvalue weighted by Gasteiger charge is -2.08. The molecule has 7 heteroatoms. The number of carbonyl (C=O) groups excluding carboxylic acids is 1. The van der Waals surface area contributed by atoms with Gasteiger partial charge in [-0.15, -0.1) is 0 Å². The molecule has 29 heavy (non-hydrogen) atoms. The molecule has 0 spiro atoms. The van der Waals surface area contributed by atoms with Crippen molar-refractivity contribution in [2.75, 3.05) is 26.1 Å². The zero-order valence-corrected chi connectivity index (χ0v) is 16.5. The van der Waals surface area contributed by atoms with E-state index in [-0.39, 0.29) is 5.91 Å². The summed E-state index contributed by atoms with van der Waals surface area (Å²) in [5.41, 5.74) is 2.44. The quantitative estimate of drug-likeness (QED) is 0.582. The summed E-state index contributed by atoms with van der Waals surface area (Å²) in [4.78, 5) is 20.9. The molecule has 0 fully saturated rings. The van der Waals surface area contributed by atoms with Crippen LogP contribution in [-0.2, 0) is 13.0 Å². The summed E-state index contributed by atoms with van der Waals surface area (Å²) >= 11 is 0. The van der Waals surface area contributed by atoms with Crippen molar-refractivity contribution < 1.29 is 14.3 Å². The molecule has 0 atom stereocenters. The monoisotopic (exact) mass is 392 g/mol. The van der Waals surface area contributed by atoms with Crippen LogP contribution in [0, 0.1) is 0 Å². The van der Waals surface area contributed by atoms with E-state index in [2.05, 4.69) is 20.6 Å². The fourth-order valence-electron chi connectivity index (χ4n) is 2.73. The number of hydrogen-bond acceptors (Lipinski definition) is 6. The normalized spacial score (nSPS) is 10.3. The third-order valence-corrected chi connectivity index (χ3v) is 4.33. The number of methoxy groups -OCH3 is 2. The van der Waals surface area contributed by atoms with E-state index in [4.69, 9.17) is 9.47 Å². The molecule has 2 N–H and O–H groups in total. The highest BCUT2D eigenvalue weighted by molar-refractivity contribution is 5.92. The Morgan fingerprint density at radius 2 is 1.76 bits per heavy atom. The van der Waals surface area contributed by atoms with Crippen LogP contribution in [0.4, 0.5) is 5.95 Å². The van der Waals surface area contributed by atoms with Crippen molar-refractivity contribution >= 4 is 11.9 Å². The topological polar surface area (TPSA) is 85.4 Å². The highest BCUT2D eigenvalue weighted by Crippen LogP contribution is 2.13. The van der Waals surface area contributed by atoms with Crippen LogP contribution < -0.4 is 20.1 Å². The number of aromatic nitrogens is 2. The van der Waals surface area contributed by atoms with Crippen molar-refractivity contribution in [2.45, 2.75) is 13.0 Å². The molecule has 1 heterocycles. The second kappa shape index (κ2) is 10.1. The Balaban J connectivity index is 1.51. The minimum Gasteiger partial charge on any atom is -0.497 e. The summed E-state index contributed by atoms with van der Waals surface area (Å²) in [5, 5.41) is 6.02. The largest absolute Gasteiger partial charge is 0.497 e. The lowest BCUT2D eigenvalue weighted by Crippen LogP contribution is -2.24. The van der Waals surface area contributed by atoms with E-state index < -0.39 is 0 Å². The van der Waals surface area contributed by atoms with Crippen molar-refractivity contribution in [3.05, 3.63) is 77.6 Å². The zero-order valence-electron chi connectivity index (χ0n) is 16.5. The van der Waals surface area contributed by atoms with Crippen LogP contribution in [0.1, 0.15) is 21.6 Å². The summed E-state index contributed by atoms with van der Waals surface area (Å²) in [6.45, 7) is 1.05. The van der Waals surface area contributed by atoms with Crippen molar-refractivity contribution in [2.24, 2.45) is 0 Å². The lowest BCUT2D eigenvalue weighted by atomic mass is 10.1. The molecule has 0 aliphatic rings. The number of amides is 1. The van der Waals surface area contributed by atoms with Gasteiger partial charge in [-0.1, -0.05) is 24.3 Å². The summed E-state index contributed by atoms with van der Waals surface area (Å²) < 4.78 is 10.4. The number of rotatable bonds is 9. The molecule has 0 bridgehead atoms. The Labute approximate surface area is 170 Å². The van der Waals surface area contributed by atoms with Crippen molar-refractivity contribution in [1.82, 2.24) is 15.3 Å². The Morgan fingerprint density at radius 3 is 2.52 bits per heavy atom. The first-order chi connectivity index (χ1) is 14.2. The lowest BCUT2D eigenvalue weighted by molar-refractivity contribution is 0.0946. The van der Waals surface area contributed by atoms with E-state index in [0.29, 0.717) is 24.7 Å². The summed E-state index contributed by atoms with van der Waals surface area (Å²) in [5.74, 6) is 1.78. The standard InChI is InChI=1S/C22H24N4O3/c1-28-18-8-6-17(7-9-18)15-25-21(27)20-11-13-24-22(26-20)23-12-10-16-4-3-5-19(14-16)29-2/h3-9,11,13-14H,10,12,15H2,1-2H3,(H,25,27)(H,23,24,26). The summed E-state index contributed by atoms with van der Waals surface area (Å²) in [6.07, 6.45) is 2.36. The first-order valence-corrected chi connectivity index (χ1v) is 9.29. The van der Waals surface area contributed by atoms with Crippen LogP contribution in [0.3, 0.4) is 0 Å². The Morgan fingerprint density at radius 1 is 0.966 bits per heavy atom. The van der Waals surface area contributed by atoms with E-state index in [1.54, 1.807) is 26.5 Å². The van der Waals surface area contributed by atoms with Gasteiger partial charge in [0.2, 0.25) is 5.95 Å². The van der Waals surface area contributed by atoms with Gasteiger partial charge in [0.25, 0.3) is 5.91 Å². The van der Waals surface area contributed by atoms with Gasteiger partial charge in [-0.25, -0.2) is 9.97 Å². The Kier molecular flexibility index (Phi) is 7.00. The number of nitrogens with one attached hydrogen (secondary N) is 2. The fourth-order valence-corrected chi connectivity index (χ4v) is 2.73. The summed E-state index contributed by atoms with van der Waals surface area (Å²) in [6, 6.07) is 17.0. The number of hydrogen-bond donors (Lipinski definition) is 2. The minimum atomic E-state index is -0.251. The third-order valence-electron chi connectivity index (χ3n) is 4.33. The molecular formula is C22H24N4O3. The smallest absolute Gasteiger partial charge is 0.270 e. The van der Waals surface area contributed by atoms with E-state index in [0.717, 1.165) is 29.0 Å². The molecule has 0 aliphatic carbocycles. The maximum Gasteiger partial charge on any atom is 0.270 e.